The average Bonchev–Trinajstić information content (AvgIpc) is 3.10. The quantitative estimate of drug-likeness (QED) is 0.894. The second kappa shape index (κ2) is 7.88. The highest BCUT2D eigenvalue weighted by atomic mass is 35.5. The van der Waals surface area contributed by atoms with E-state index in [9.17, 15) is 4.79 Å². The molecule has 2 N–H and O–H groups in total. The van der Waals surface area contributed by atoms with Crippen LogP contribution in [0.5, 0.6) is 0 Å². The third-order valence-electron chi connectivity index (χ3n) is 5.92. The first-order chi connectivity index (χ1) is 11.0. The molecule has 134 valence electrons. The van der Waals surface area contributed by atoms with Crippen LogP contribution in [-0.4, -0.2) is 29.9 Å². The number of carbonyl (C=O) groups excluding carboxylic acids is 1. The molecule has 0 bridgehead atoms. The SMILES string of the molecule is CC(C)c1ccc(C(C)CC(=O)N2CC3CCC(N)C3C2)cc1.Cl. The molecule has 24 heavy (non-hydrogen) atoms. The third-order valence-corrected chi connectivity index (χ3v) is 5.92. The van der Waals surface area contributed by atoms with E-state index in [-0.39, 0.29) is 18.3 Å². The van der Waals surface area contributed by atoms with Gasteiger partial charge in [0.2, 0.25) is 5.91 Å². The van der Waals surface area contributed by atoms with Crippen LogP contribution in [0.15, 0.2) is 24.3 Å². The van der Waals surface area contributed by atoms with E-state index < -0.39 is 0 Å². The van der Waals surface area contributed by atoms with E-state index in [1.807, 2.05) is 0 Å². The summed E-state index contributed by atoms with van der Waals surface area (Å²) in [6.45, 7) is 8.37. The minimum absolute atomic E-state index is 0. The number of nitrogens with two attached hydrogens (primary N) is 1. The molecule has 4 heteroatoms. The Kier molecular flexibility index (Phi) is 6.33. The molecule has 1 saturated heterocycles. The lowest BCUT2D eigenvalue weighted by atomic mass is 9.94. The van der Waals surface area contributed by atoms with Crippen LogP contribution in [0.2, 0.25) is 0 Å². The highest BCUT2D eigenvalue weighted by Gasteiger charge is 2.42. The van der Waals surface area contributed by atoms with Crippen molar-refractivity contribution < 1.29 is 4.79 Å². The smallest absolute Gasteiger partial charge is 0.223 e. The van der Waals surface area contributed by atoms with Gasteiger partial charge in [-0.2, -0.15) is 0 Å². The average molecular weight is 351 g/mol. The van der Waals surface area contributed by atoms with E-state index >= 15 is 0 Å². The Morgan fingerprint density at radius 1 is 1.12 bits per heavy atom. The number of halogens is 1. The molecule has 2 aliphatic rings. The fourth-order valence-corrected chi connectivity index (χ4v) is 4.23. The van der Waals surface area contributed by atoms with Gasteiger partial charge in [-0.3, -0.25) is 4.79 Å². The number of nitrogens with zero attached hydrogens (tertiary/aromatic N) is 1. The fraction of sp³-hybridized carbons (Fsp3) is 0.650. The Bertz CT molecular complexity index is 557. The summed E-state index contributed by atoms with van der Waals surface area (Å²) in [5, 5.41) is 0. The predicted molar refractivity (Wildman–Crippen MR) is 102 cm³/mol. The van der Waals surface area contributed by atoms with Crippen LogP contribution in [0.25, 0.3) is 0 Å². The topological polar surface area (TPSA) is 46.3 Å². The number of hydrogen-bond acceptors (Lipinski definition) is 2. The molecule has 1 aromatic carbocycles. The molecule has 1 aliphatic heterocycles. The lowest BCUT2D eigenvalue weighted by molar-refractivity contribution is -0.130. The number of rotatable bonds is 4. The van der Waals surface area contributed by atoms with Crippen molar-refractivity contribution in [3.63, 3.8) is 0 Å². The Labute approximate surface area is 152 Å². The van der Waals surface area contributed by atoms with Gasteiger partial charge in [-0.1, -0.05) is 45.0 Å². The maximum atomic E-state index is 12.6. The summed E-state index contributed by atoms with van der Waals surface area (Å²) >= 11 is 0. The van der Waals surface area contributed by atoms with Gasteiger partial charge in [0.05, 0.1) is 0 Å². The highest BCUT2D eigenvalue weighted by molar-refractivity contribution is 5.85. The van der Waals surface area contributed by atoms with Gasteiger partial charge in [-0.25, -0.2) is 0 Å². The standard InChI is InChI=1S/C20H30N2O.ClH/c1-13(2)15-4-6-16(7-5-15)14(3)10-20(23)22-11-17-8-9-19(21)18(17)12-22;/h4-7,13-14,17-19H,8-12,21H2,1-3H3;1H. The number of hydrogen-bond donors (Lipinski definition) is 1. The van der Waals surface area contributed by atoms with Gasteiger partial charge in [-0.05, 0) is 47.6 Å². The molecule has 0 spiro atoms. The first kappa shape index (κ1) is 19.3. The van der Waals surface area contributed by atoms with Gasteiger partial charge in [0, 0.05) is 25.6 Å². The maximum Gasteiger partial charge on any atom is 0.223 e. The minimum Gasteiger partial charge on any atom is -0.342 e. The van der Waals surface area contributed by atoms with E-state index in [2.05, 4.69) is 49.9 Å². The Morgan fingerprint density at radius 2 is 1.75 bits per heavy atom. The van der Waals surface area contributed by atoms with E-state index in [0.29, 0.717) is 36.1 Å². The molecule has 4 unspecified atom stereocenters. The van der Waals surface area contributed by atoms with Crippen molar-refractivity contribution in [2.24, 2.45) is 17.6 Å². The van der Waals surface area contributed by atoms with Gasteiger partial charge < -0.3 is 10.6 Å². The Balaban J connectivity index is 0.00000208. The lowest BCUT2D eigenvalue weighted by Gasteiger charge is -2.21. The van der Waals surface area contributed by atoms with Gasteiger partial charge in [-0.15, -0.1) is 12.4 Å². The summed E-state index contributed by atoms with van der Waals surface area (Å²) < 4.78 is 0. The fourth-order valence-electron chi connectivity index (χ4n) is 4.23. The largest absolute Gasteiger partial charge is 0.342 e. The first-order valence-corrected chi connectivity index (χ1v) is 9.09. The van der Waals surface area contributed by atoms with Crippen LogP contribution < -0.4 is 5.73 Å². The van der Waals surface area contributed by atoms with Crippen LogP contribution in [0, 0.1) is 11.8 Å². The molecule has 3 rings (SSSR count). The zero-order valence-corrected chi connectivity index (χ0v) is 15.9. The van der Waals surface area contributed by atoms with Crippen molar-refractivity contribution in [2.45, 2.75) is 57.9 Å². The van der Waals surface area contributed by atoms with Crippen molar-refractivity contribution in [3.8, 4) is 0 Å². The zero-order valence-electron chi connectivity index (χ0n) is 15.1. The molecular weight excluding hydrogens is 320 g/mol. The van der Waals surface area contributed by atoms with Crippen molar-refractivity contribution in [1.29, 1.82) is 0 Å². The van der Waals surface area contributed by atoms with Crippen LogP contribution >= 0.6 is 12.4 Å². The summed E-state index contributed by atoms with van der Waals surface area (Å²) in [7, 11) is 0. The predicted octanol–water partition coefficient (Wildman–Crippen LogP) is 3.92. The molecule has 0 radical (unpaired) electrons. The first-order valence-electron chi connectivity index (χ1n) is 9.09. The number of amides is 1. The number of likely N-dealkylation sites (tertiary alicyclic amines) is 1. The third kappa shape index (κ3) is 3.94. The van der Waals surface area contributed by atoms with Gasteiger partial charge in [0.25, 0.3) is 0 Å². The van der Waals surface area contributed by atoms with Crippen molar-refractivity contribution in [3.05, 3.63) is 35.4 Å². The van der Waals surface area contributed by atoms with Gasteiger partial charge in [0.15, 0.2) is 0 Å². The summed E-state index contributed by atoms with van der Waals surface area (Å²) in [6.07, 6.45) is 2.94. The van der Waals surface area contributed by atoms with E-state index in [4.69, 9.17) is 5.73 Å². The van der Waals surface area contributed by atoms with Gasteiger partial charge in [0.1, 0.15) is 0 Å². The molecule has 1 amide bonds. The summed E-state index contributed by atoms with van der Waals surface area (Å²) in [5.74, 6) is 2.31. The highest BCUT2D eigenvalue weighted by Crippen LogP contribution is 2.37. The molecule has 1 heterocycles. The number of carbonyl (C=O) groups is 1. The van der Waals surface area contributed by atoms with Crippen LogP contribution in [-0.2, 0) is 4.79 Å². The van der Waals surface area contributed by atoms with E-state index in [0.717, 1.165) is 19.5 Å². The Morgan fingerprint density at radius 3 is 2.33 bits per heavy atom. The van der Waals surface area contributed by atoms with E-state index in [1.165, 1.54) is 17.5 Å². The summed E-state index contributed by atoms with van der Waals surface area (Å²) in [6, 6.07) is 9.06. The monoisotopic (exact) mass is 350 g/mol. The second-order valence-corrected chi connectivity index (χ2v) is 7.89. The number of fused-ring (bicyclic) bond motifs is 1. The molecule has 0 aromatic heterocycles. The molecule has 4 atom stereocenters. The van der Waals surface area contributed by atoms with Crippen molar-refractivity contribution in [2.75, 3.05) is 13.1 Å². The molecule has 2 fully saturated rings. The minimum atomic E-state index is 0. The lowest BCUT2D eigenvalue weighted by Crippen LogP contribution is -2.33. The molecule has 1 aromatic rings. The van der Waals surface area contributed by atoms with Crippen LogP contribution in [0.4, 0.5) is 0 Å². The Hall–Kier alpha value is -1.06. The van der Waals surface area contributed by atoms with Gasteiger partial charge >= 0.3 is 0 Å². The zero-order chi connectivity index (χ0) is 16.6. The summed E-state index contributed by atoms with van der Waals surface area (Å²) in [4.78, 5) is 14.7. The van der Waals surface area contributed by atoms with Crippen molar-refractivity contribution in [1.82, 2.24) is 4.90 Å². The van der Waals surface area contributed by atoms with Crippen LogP contribution in [0.1, 0.15) is 63.0 Å². The van der Waals surface area contributed by atoms with Crippen LogP contribution in [0.3, 0.4) is 0 Å². The molecular formula is C20H31ClN2O. The molecule has 1 saturated carbocycles. The normalized spacial score (nSPS) is 27.0. The molecule has 1 aliphatic carbocycles. The summed E-state index contributed by atoms with van der Waals surface area (Å²) in [5.41, 5.74) is 8.79. The van der Waals surface area contributed by atoms with Crippen molar-refractivity contribution >= 4 is 18.3 Å². The maximum absolute atomic E-state index is 12.6. The molecule has 3 nitrogen and oxygen atoms in total. The second-order valence-electron chi connectivity index (χ2n) is 7.89. The van der Waals surface area contributed by atoms with E-state index in [1.54, 1.807) is 0 Å². The number of benzene rings is 1.